The lowest BCUT2D eigenvalue weighted by atomic mass is 9.96. The third kappa shape index (κ3) is 3.67. The van der Waals surface area contributed by atoms with Gasteiger partial charge in [-0.15, -0.1) is 0 Å². The van der Waals surface area contributed by atoms with Gasteiger partial charge in [-0.1, -0.05) is 6.92 Å². The van der Waals surface area contributed by atoms with Gasteiger partial charge in [-0.25, -0.2) is 0 Å². The fraction of sp³-hybridized carbons (Fsp3) is 0.917. The lowest BCUT2D eigenvalue weighted by molar-refractivity contribution is -0.136. The first-order valence-corrected chi connectivity index (χ1v) is 7.56. The normalized spacial score (nSPS) is 19.4. The molecule has 1 N–H and O–H groups in total. The van der Waals surface area contributed by atoms with Crippen molar-refractivity contribution in [2.45, 2.75) is 32.2 Å². The molecule has 0 radical (unpaired) electrons. The van der Waals surface area contributed by atoms with Crippen LogP contribution in [0, 0.1) is 5.92 Å². The Balaban J connectivity index is 2.49. The Kier molecular flexibility index (Phi) is 6.21. The van der Waals surface area contributed by atoms with Gasteiger partial charge >= 0.3 is 0 Å². The third-order valence-electron chi connectivity index (χ3n) is 3.41. The number of thioether (sulfide) groups is 1. The molecular weight excluding hydrogens is 220 g/mol. The lowest BCUT2D eigenvalue weighted by Crippen LogP contribution is -2.44. The zero-order chi connectivity index (χ0) is 12.0. The van der Waals surface area contributed by atoms with Gasteiger partial charge in [0.15, 0.2) is 0 Å². The highest BCUT2D eigenvalue weighted by Gasteiger charge is 2.26. The van der Waals surface area contributed by atoms with Crippen LogP contribution in [0.2, 0.25) is 0 Å². The zero-order valence-corrected chi connectivity index (χ0v) is 11.5. The predicted octanol–water partition coefficient (Wildman–Crippen LogP) is 1.59. The van der Waals surface area contributed by atoms with E-state index in [-0.39, 0.29) is 5.92 Å². The Morgan fingerprint density at radius 3 is 2.62 bits per heavy atom. The van der Waals surface area contributed by atoms with Crippen molar-refractivity contribution in [1.29, 1.82) is 0 Å². The minimum absolute atomic E-state index is 0.252. The van der Waals surface area contributed by atoms with E-state index in [0.29, 0.717) is 11.9 Å². The summed E-state index contributed by atoms with van der Waals surface area (Å²) in [6, 6.07) is 0.400. The number of piperidine rings is 1. The molecular formula is C12H24N2OS. The Bertz CT molecular complexity index is 217. The second-order valence-electron chi connectivity index (χ2n) is 4.49. The maximum atomic E-state index is 12.3. The molecule has 94 valence electrons. The van der Waals surface area contributed by atoms with Crippen molar-refractivity contribution in [3.05, 3.63) is 0 Å². The summed E-state index contributed by atoms with van der Waals surface area (Å²) >= 11 is 1.82. The van der Waals surface area contributed by atoms with Crippen LogP contribution >= 0.6 is 11.8 Å². The summed E-state index contributed by atoms with van der Waals surface area (Å²) in [5, 5.41) is 3.30. The van der Waals surface area contributed by atoms with Crippen molar-refractivity contribution in [1.82, 2.24) is 10.2 Å². The molecule has 1 heterocycles. The van der Waals surface area contributed by atoms with E-state index in [1.807, 2.05) is 23.7 Å². The highest BCUT2D eigenvalue weighted by Crippen LogP contribution is 2.18. The summed E-state index contributed by atoms with van der Waals surface area (Å²) in [5.41, 5.74) is 0. The molecule has 1 rings (SSSR count). The summed E-state index contributed by atoms with van der Waals surface area (Å²) < 4.78 is 0. The summed E-state index contributed by atoms with van der Waals surface area (Å²) in [7, 11) is 1.97. The topological polar surface area (TPSA) is 32.3 Å². The fourth-order valence-electron chi connectivity index (χ4n) is 2.23. The number of hydrogen-bond donors (Lipinski definition) is 1. The molecule has 1 aliphatic heterocycles. The number of nitrogens with one attached hydrogen (secondary N) is 1. The first-order chi connectivity index (χ1) is 7.70. The quantitative estimate of drug-likeness (QED) is 0.797. The number of hydrogen-bond acceptors (Lipinski definition) is 3. The van der Waals surface area contributed by atoms with Gasteiger partial charge in [0.2, 0.25) is 5.91 Å². The Morgan fingerprint density at radius 2 is 2.12 bits per heavy atom. The van der Waals surface area contributed by atoms with Crippen LogP contribution in [0.4, 0.5) is 0 Å². The molecule has 1 atom stereocenters. The summed E-state index contributed by atoms with van der Waals surface area (Å²) in [5.74, 6) is 1.65. The molecule has 1 amide bonds. The van der Waals surface area contributed by atoms with Crippen molar-refractivity contribution < 1.29 is 4.79 Å². The minimum atomic E-state index is 0.252. The van der Waals surface area contributed by atoms with Crippen molar-refractivity contribution in [2.24, 2.45) is 5.92 Å². The van der Waals surface area contributed by atoms with Crippen LogP contribution in [0.15, 0.2) is 0 Å². The van der Waals surface area contributed by atoms with E-state index < -0.39 is 0 Å². The largest absolute Gasteiger partial charge is 0.342 e. The molecule has 0 spiro atoms. The van der Waals surface area contributed by atoms with E-state index in [4.69, 9.17) is 0 Å². The number of carbonyl (C=O) groups excluding carboxylic acids is 1. The van der Waals surface area contributed by atoms with Gasteiger partial charge < -0.3 is 10.2 Å². The Hall–Kier alpha value is -0.220. The molecule has 1 unspecified atom stereocenters. The van der Waals surface area contributed by atoms with Crippen LogP contribution in [-0.4, -0.2) is 49.0 Å². The van der Waals surface area contributed by atoms with Gasteiger partial charge in [0.25, 0.3) is 0 Å². The molecule has 0 saturated carbocycles. The highest BCUT2D eigenvalue weighted by atomic mass is 32.2. The highest BCUT2D eigenvalue weighted by molar-refractivity contribution is 7.98. The summed E-state index contributed by atoms with van der Waals surface area (Å²) in [6.07, 6.45) is 5.15. The van der Waals surface area contributed by atoms with Gasteiger partial charge in [-0.05, 0) is 38.6 Å². The molecule has 16 heavy (non-hydrogen) atoms. The average Bonchev–Trinajstić information content (AvgIpc) is 2.35. The smallest absolute Gasteiger partial charge is 0.225 e. The van der Waals surface area contributed by atoms with Crippen LogP contribution < -0.4 is 5.32 Å². The van der Waals surface area contributed by atoms with Gasteiger partial charge in [-0.3, -0.25) is 4.79 Å². The first kappa shape index (κ1) is 13.8. The minimum Gasteiger partial charge on any atom is -0.342 e. The van der Waals surface area contributed by atoms with Crippen molar-refractivity contribution >= 4 is 17.7 Å². The average molecular weight is 244 g/mol. The summed E-state index contributed by atoms with van der Waals surface area (Å²) in [4.78, 5) is 14.2. The first-order valence-electron chi connectivity index (χ1n) is 6.17. The van der Waals surface area contributed by atoms with Crippen LogP contribution in [0.25, 0.3) is 0 Å². The molecule has 1 fully saturated rings. The summed E-state index contributed by atoms with van der Waals surface area (Å²) in [6.45, 7) is 4.14. The van der Waals surface area contributed by atoms with Gasteiger partial charge in [0, 0.05) is 24.8 Å². The van der Waals surface area contributed by atoms with E-state index in [1.165, 1.54) is 0 Å². The molecule has 0 aromatic rings. The maximum absolute atomic E-state index is 12.3. The Morgan fingerprint density at radius 1 is 1.50 bits per heavy atom. The van der Waals surface area contributed by atoms with E-state index in [9.17, 15) is 4.79 Å². The van der Waals surface area contributed by atoms with Gasteiger partial charge in [0.05, 0.1) is 0 Å². The fourth-order valence-corrected chi connectivity index (χ4v) is 3.08. The van der Waals surface area contributed by atoms with E-state index >= 15 is 0 Å². The van der Waals surface area contributed by atoms with Crippen molar-refractivity contribution in [2.75, 3.05) is 32.1 Å². The molecule has 1 saturated heterocycles. The number of carbonyl (C=O) groups is 1. The van der Waals surface area contributed by atoms with E-state index in [1.54, 1.807) is 0 Å². The monoisotopic (exact) mass is 244 g/mol. The Labute approximate surface area is 103 Å². The maximum Gasteiger partial charge on any atom is 0.225 e. The van der Waals surface area contributed by atoms with Crippen LogP contribution in [-0.2, 0) is 4.79 Å². The SMILES string of the molecule is CCC(CSC)N(C)C(=O)C1CCNCC1. The van der Waals surface area contributed by atoms with E-state index in [0.717, 1.165) is 38.1 Å². The molecule has 0 aromatic heterocycles. The molecule has 0 aromatic carbocycles. The van der Waals surface area contributed by atoms with Gasteiger partial charge in [-0.2, -0.15) is 11.8 Å². The standard InChI is InChI=1S/C12H24N2OS/c1-4-11(9-16-3)14(2)12(15)10-5-7-13-8-6-10/h10-11,13H,4-9H2,1-3H3. The molecule has 0 aliphatic carbocycles. The van der Waals surface area contributed by atoms with Crippen LogP contribution in [0.5, 0.6) is 0 Å². The molecule has 0 bridgehead atoms. The zero-order valence-electron chi connectivity index (χ0n) is 10.7. The number of rotatable bonds is 5. The lowest BCUT2D eigenvalue weighted by Gasteiger charge is -2.32. The second kappa shape index (κ2) is 7.17. The van der Waals surface area contributed by atoms with Crippen molar-refractivity contribution in [3.8, 4) is 0 Å². The van der Waals surface area contributed by atoms with Crippen molar-refractivity contribution in [3.63, 3.8) is 0 Å². The van der Waals surface area contributed by atoms with Gasteiger partial charge in [0.1, 0.15) is 0 Å². The second-order valence-corrected chi connectivity index (χ2v) is 5.40. The van der Waals surface area contributed by atoms with Crippen LogP contribution in [0.1, 0.15) is 26.2 Å². The number of amides is 1. The molecule has 1 aliphatic rings. The predicted molar refractivity (Wildman–Crippen MR) is 70.8 cm³/mol. The van der Waals surface area contributed by atoms with E-state index in [2.05, 4.69) is 18.5 Å². The third-order valence-corrected chi connectivity index (χ3v) is 4.13. The number of nitrogens with zero attached hydrogens (tertiary/aromatic N) is 1. The van der Waals surface area contributed by atoms with Crippen LogP contribution in [0.3, 0.4) is 0 Å². The molecule has 4 heteroatoms. The molecule has 3 nitrogen and oxygen atoms in total.